The number of anilines is 6. The summed E-state index contributed by atoms with van der Waals surface area (Å²) >= 11 is 0. The molecule has 3 aromatic heterocycles. The smallest absolute Gasteiger partial charge is 0.143 e. The molecule has 5 nitrogen and oxygen atoms in total. The van der Waals surface area contributed by atoms with Crippen LogP contribution in [0.3, 0.4) is 0 Å². The number of aromatic nitrogens is 1. The average Bonchev–Trinajstić information content (AvgIpc) is 4.41. The molecule has 0 radical (unpaired) electrons. The van der Waals surface area contributed by atoms with Crippen molar-refractivity contribution in [3.8, 4) is 27.9 Å². The summed E-state index contributed by atoms with van der Waals surface area (Å²) in [6.45, 7) is 0. The van der Waals surface area contributed by atoms with Crippen LogP contribution >= 0.6 is 0 Å². The first-order valence-corrected chi connectivity index (χ1v) is 26.9. The predicted molar refractivity (Wildman–Crippen MR) is 331 cm³/mol. The van der Waals surface area contributed by atoms with Gasteiger partial charge in [-0.1, -0.05) is 182 Å². The fraction of sp³-hybridized carbons (Fsp3) is 0. The van der Waals surface area contributed by atoms with Gasteiger partial charge in [-0.05, 0) is 118 Å². The Balaban J connectivity index is 0.877. The highest BCUT2D eigenvalue weighted by Crippen LogP contribution is 2.46. The van der Waals surface area contributed by atoms with Crippen LogP contribution in [0, 0.1) is 0 Å². The molecule has 0 bridgehead atoms. The molecular formula is C74H47N3O2. The Hall–Kier alpha value is -10.6. The van der Waals surface area contributed by atoms with E-state index in [0.29, 0.717) is 0 Å². The third-order valence-electron chi connectivity index (χ3n) is 15.9. The highest BCUT2D eigenvalue weighted by molar-refractivity contribution is 6.17. The quantitative estimate of drug-likeness (QED) is 0.144. The molecule has 0 amide bonds. The van der Waals surface area contributed by atoms with Gasteiger partial charge in [0.2, 0.25) is 0 Å². The standard InChI is InChI=1S/C74H47N3O2/c1-5-18-49(19-6-1)60-29-16-31-65-63-40-37-57(46-71(63)78-73(60)65)75(53-24-9-3-10-25-53)55-35-34-51-43-67-62-39-36-56(45-70(62)77(69(67)44-52(51)42-55)68-33-15-23-48-22-13-14-28-59(48)68)76(54-26-11-4-12-27-54)58-38-41-64-66-32-17-30-61(50-20-7-2-8-21-50)74(66)79-72(64)47-58/h1-47H. The molecule has 0 N–H and O–H groups in total. The first kappa shape index (κ1) is 44.7. The maximum atomic E-state index is 6.85. The second-order valence-corrected chi connectivity index (χ2v) is 20.4. The fourth-order valence-corrected chi connectivity index (χ4v) is 12.3. The molecule has 0 aliphatic carbocycles. The van der Waals surface area contributed by atoms with Crippen molar-refractivity contribution in [2.24, 2.45) is 0 Å². The largest absolute Gasteiger partial charge is 0.455 e. The molecule has 0 saturated carbocycles. The minimum atomic E-state index is 0.840. The van der Waals surface area contributed by atoms with Crippen LogP contribution in [0.5, 0.6) is 0 Å². The molecule has 3 heterocycles. The number of rotatable bonds is 9. The van der Waals surface area contributed by atoms with E-state index in [-0.39, 0.29) is 0 Å². The van der Waals surface area contributed by atoms with Crippen LogP contribution in [0.15, 0.2) is 294 Å². The topological polar surface area (TPSA) is 37.7 Å². The number of hydrogen-bond acceptors (Lipinski definition) is 4. The van der Waals surface area contributed by atoms with Crippen LogP contribution in [0.2, 0.25) is 0 Å². The molecule has 0 unspecified atom stereocenters. The van der Waals surface area contributed by atoms with E-state index in [4.69, 9.17) is 8.83 Å². The van der Waals surface area contributed by atoms with E-state index in [1.54, 1.807) is 0 Å². The number of nitrogens with zero attached hydrogens (tertiary/aromatic N) is 3. The van der Waals surface area contributed by atoms with Crippen molar-refractivity contribution < 1.29 is 8.83 Å². The van der Waals surface area contributed by atoms with Crippen LogP contribution < -0.4 is 9.80 Å². The minimum absolute atomic E-state index is 0.840. The SMILES string of the molecule is c1ccc(-c2cccc3c2oc2cc(N(c4ccccc4)c4ccc5cc6c7ccc(N(c8ccccc8)c8ccc9c(c8)oc8c(-c%10ccccc%10)cccc89)cc7n(-c7cccc8ccccc78)c6cc5c4)ccc23)cc1. The highest BCUT2D eigenvalue weighted by Gasteiger charge is 2.23. The van der Waals surface area contributed by atoms with Gasteiger partial charge in [0.1, 0.15) is 22.3 Å². The predicted octanol–water partition coefficient (Wildman–Crippen LogP) is 21.2. The maximum absolute atomic E-state index is 6.85. The van der Waals surface area contributed by atoms with Gasteiger partial charge in [-0.2, -0.15) is 0 Å². The van der Waals surface area contributed by atoms with Gasteiger partial charge in [0.25, 0.3) is 0 Å². The molecule has 16 aromatic rings. The molecule has 5 heteroatoms. The molecule has 0 fully saturated rings. The Morgan fingerprint density at radius 1 is 0.253 bits per heavy atom. The van der Waals surface area contributed by atoms with Gasteiger partial charge >= 0.3 is 0 Å². The summed E-state index contributed by atoms with van der Waals surface area (Å²) in [4.78, 5) is 4.69. The number of furan rings is 2. The molecule has 13 aromatic carbocycles. The van der Waals surface area contributed by atoms with Crippen LogP contribution in [0.1, 0.15) is 0 Å². The number of hydrogen-bond donors (Lipinski definition) is 0. The van der Waals surface area contributed by atoms with E-state index in [0.717, 1.165) is 128 Å². The van der Waals surface area contributed by atoms with Gasteiger partial charge in [-0.3, -0.25) is 0 Å². The lowest BCUT2D eigenvalue weighted by atomic mass is 10.0. The van der Waals surface area contributed by atoms with E-state index >= 15 is 0 Å². The van der Waals surface area contributed by atoms with Crippen molar-refractivity contribution in [2.75, 3.05) is 9.80 Å². The van der Waals surface area contributed by atoms with E-state index in [1.807, 2.05) is 0 Å². The van der Waals surface area contributed by atoms with Crippen LogP contribution in [-0.4, -0.2) is 4.57 Å². The van der Waals surface area contributed by atoms with Crippen molar-refractivity contribution in [1.82, 2.24) is 4.57 Å². The second kappa shape index (κ2) is 18.0. The maximum Gasteiger partial charge on any atom is 0.143 e. The molecule has 16 rings (SSSR count). The average molecular weight is 1010 g/mol. The Morgan fingerprint density at radius 3 is 1.30 bits per heavy atom. The summed E-state index contributed by atoms with van der Waals surface area (Å²) in [6.07, 6.45) is 0. The van der Waals surface area contributed by atoms with E-state index in [1.165, 1.54) is 21.5 Å². The van der Waals surface area contributed by atoms with Crippen LogP contribution in [-0.2, 0) is 0 Å². The molecule has 0 aliphatic rings. The van der Waals surface area contributed by atoms with Gasteiger partial charge in [-0.15, -0.1) is 0 Å². The molecular weight excluding hydrogens is 963 g/mol. The molecule has 0 saturated heterocycles. The van der Waals surface area contributed by atoms with Gasteiger partial charge < -0.3 is 23.2 Å². The van der Waals surface area contributed by atoms with Gasteiger partial charge in [-0.25, -0.2) is 0 Å². The van der Waals surface area contributed by atoms with E-state index in [9.17, 15) is 0 Å². The Labute approximate surface area is 455 Å². The summed E-state index contributed by atoms with van der Waals surface area (Å²) < 4.78 is 16.1. The molecule has 0 atom stereocenters. The van der Waals surface area contributed by atoms with Crippen molar-refractivity contribution in [1.29, 1.82) is 0 Å². The molecule has 0 aliphatic heterocycles. The highest BCUT2D eigenvalue weighted by atomic mass is 16.3. The Bertz CT molecular complexity index is 5020. The normalized spacial score (nSPS) is 11.8. The lowest BCUT2D eigenvalue weighted by Gasteiger charge is -2.26. The van der Waals surface area contributed by atoms with Crippen molar-refractivity contribution in [2.45, 2.75) is 0 Å². The zero-order valence-electron chi connectivity index (χ0n) is 42.8. The lowest BCUT2D eigenvalue weighted by Crippen LogP contribution is -2.10. The number of para-hydroxylation sites is 4. The lowest BCUT2D eigenvalue weighted by molar-refractivity contribution is 0.669. The monoisotopic (exact) mass is 1010 g/mol. The Kier molecular flexibility index (Phi) is 10.2. The van der Waals surface area contributed by atoms with Gasteiger partial charge in [0, 0.05) is 95.1 Å². The molecule has 0 spiro atoms. The third kappa shape index (κ3) is 7.32. The van der Waals surface area contributed by atoms with Gasteiger partial charge in [0.15, 0.2) is 0 Å². The zero-order valence-corrected chi connectivity index (χ0v) is 42.8. The summed E-state index contributed by atoms with van der Waals surface area (Å²) in [5, 5.41) is 11.4. The first-order chi connectivity index (χ1) is 39.2. The summed E-state index contributed by atoms with van der Waals surface area (Å²) in [5.41, 5.74) is 17.5. The van der Waals surface area contributed by atoms with E-state index < -0.39 is 0 Å². The third-order valence-corrected chi connectivity index (χ3v) is 15.9. The summed E-state index contributed by atoms with van der Waals surface area (Å²) in [5.74, 6) is 0. The molecule has 79 heavy (non-hydrogen) atoms. The summed E-state index contributed by atoms with van der Waals surface area (Å²) in [6, 6.07) is 102. The van der Waals surface area contributed by atoms with Crippen molar-refractivity contribution in [3.05, 3.63) is 285 Å². The second-order valence-electron chi connectivity index (χ2n) is 20.4. The summed E-state index contributed by atoms with van der Waals surface area (Å²) in [7, 11) is 0. The first-order valence-electron chi connectivity index (χ1n) is 26.9. The molecule has 370 valence electrons. The van der Waals surface area contributed by atoms with Crippen molar-refractivity contribution in [3.63, 3.8) is 0 Å². The van der Waals surface area contributed by atoms with E-state index in [2.05, 4.69) is 299 Å². The zero-order chi connectivity index (χ0) is 52.0. The fourth-order valence-electron chi connectivity index (χ4n) is 12.3. The van der Waals surface area contributed by atoms with Crippen molar-refractivity contribution >= 4 is 121 Å². The Morgan fingerprint density at radius 2 is 0.709 bits per heavy atom. The van der Waals surface area contributed by atoms with Gasteiger partial charge in [0.05, 0.1) is 16.7 Å². The van der Waals surface area contributed by atoms with Crippen LogP contribution in [0.25, 0.3) is 115 Å². The number of fused-ring (bicyclic) bond motifs is 11. The minimum Gasteiger partial charge on any atom is -0.455 e. The number of benzene rings is 13. The van der Waals surface area contributed by atoms with Crippen LogP contribution in [0.4, 0.5) is 34.1 Å².